The molecule has 0 rings (SSSR count). The third-order valence-electron chi connectivity index (χ3n) is 0.931. The zero-order valence-corrected chi connectivity index (χ0v) is 7.94. The smallest absolute Gasteiger partial charge is 0.0812 e. The van der Waals surface area contributed by atoms with Gasteiger partial charge in [0.15, 0.2) is 0 Å². The molecule has 0 aliphatic rings. The van der Waals surface area contributed by atoms with Crippen molar-refractivity contribution < 1.29 is 9.57 Å². The molecular weight excluding hydrogens is 142 g/mol. The molecule has 0 saturated heterocycles. The normalized spacial score (nSPS) is 12.0. The molecular formula is C8H19NO2. The van der Waals surface area contributed by atoms with Crippen LogP contribution in [0.4, 0.5) is 0 Å². The van der Waals surface area contributed by atoms with Gasteiger partial charge in [0.05, 0.1) is 12.2 Å². The zero-order valence-electron chi connectivity index (χ0n) is 7.94. The van der Waals surface area contributed by atoms with Crippen LogP contribution in [0.1, 0.15) is 27.7 Å². The van der Waals surface area contributed by atoms with Crippen molar-refractivity contribution >= 4 is 0 Å². The van der Waals surface area contributed by atoms with Crippen LogP contribution in [-0.4, -0.2) is 25.4 Å². The van der Waals surface area contributed by atoms with Crippen molar-refractivity contribution in [2.75, 3.05) is 19.8 Å². The summed E-state index contributed by atoms with van der Waals surface area (Å²) in [4.78, 5) is 5.25. The highest BCUT2D eigenvalue weighted by Gasteiger charge is 2.08. The molecule has 3 heteroatoms. The van der Waals surface area contributed by atoms with Gasteiger partial charge in [0, 0.05) is 13.2 Å². The Kier molecular flexibility index (Phi) is 5.46. The van der Waals surface area contributed by atoms with Crippen LogP contribution >= 0.6 is 0 Å². The first-order valence-corrected chi connectivity index (χ1v) is 4.05. The van der Waals surface area contributed by atoms with Crippen LogP contribution < -0.4 is 5.48 Å². The second kappa shape index (κ2) is 5.52. The van der Waals surface area contributed by atoms with E-state index in [1.807, 2.05) is 27.7 Å². The highest BCUT2D eigenvalue weighted by Crippen LogP contribution is 2.02. The monoisotopic (exact) mass is 161 g/mol. The summed E-state index contributed by atoms with van der Waals surface area (Å²) in [5, 5.41) is 0. The second-order valence-corrected chi connectivity index (χ2v) is 3.31. The first-order valence-electron chi connectivity index (χ1n) is 4.05. The number of nitrogens with one attached hydrogen (secondary N) is 1. The SMILES string of the molecule is CCOCCNOC(C)(C)C. The first kappa shape index (κ1) is 10.9. The van der Waals surface area contributed by atoms with Crippen LogP contribution in [0.2, 0.25) is 0 Å². The molecule has 0 aromatic rings. The fourth-order valence-corrected chi connectivity index (χ4v) is 0.526. The topological polar surface area (TPSA) is 30.5 Å². The van der Waals surface area contributed by atoms with E-state index in [4.69, 9.17) is 9.57 Å². The standard InChI is InChI=1S/C8H19NO2/c1-5-10-7-6-9-11-8(2,3)4/h9H,5-7H2,1-4H3. The Balaban J connectivity index is 3.02. The molecule has 0 heterocycles. The van der Waals surface area contributed by atoms with E-state index >= 15 is 0 Å². The second-order valence-electron chi connectivity index (χ2n) is 3.31. The Morgan fingerprint density at radius 1 is 1.27 bits per heavy atom. The highest BCUT2D eigenvalue weighted by molar-refractivity contribution is 4.56. The maximum atomic E-state index is 5.25. The van der Waals surface area contributed by atoms with Gasteiger partial charge in [0.25, 0.3) is 0 Å². The number of hydrogen-bond donors (Lipinski definition) is 1. The zero-order chi connectivity index (χ0) is 8.74. The third kappa shape index (κ3) is 9.88. The summed E-state index contributed by atoms with van der Waals surface area (Å²) in [7, 11) is 0. The summed E-state index contributed by atoms with van der Waals surface area (Å²) in [5.41, 5.74) is 2.72. The fourth-order valence-electron chi connectivity index (χ4n) is 0.526. The van der Waals surface area contributed by atoms with Gasteiger partial charge < -0.3 is 4.74 Å². The molecule has 68 valence electrons. The van der Waals surface area contributed by atoms with Gasteiger partial charge in [-0.05, 0) is 27.7 Å². The minimum absolute atomic E-state index is 0.119. The average Bonchev–Trinajstić information content (AvgIpc) is 1.85. The Morgan fingerprint density at radius 2 is 1.91 bits per heavy atom. The van der Waals surface area contributed by atoms with Gasteiger partial charge in [0.1, 0.15) is 0 Å². The molecule has 0 saturated carbocycles. The van der Waals surface area contributed by atoms with Gasteiger partial charge in [-0.15, -0.1) is 0 Å². The van der Waals surface area contributed by atoms with E-state index in [9.17, 15) is 0 Å². The molecule has 3 nitrogen and oxygen atoms in total. The van der Waals surface area contributed by atoms with E-state index in [0.29, 0.717) is 6.61 Å². The quantitative estimate of drug-likeness (QED) is 0.487. The van der Waals surface area contributed by atoms with Crippen LogP contribution in [0, 0.1) is 0 Å². The van der Waals surface area contributed by atoms with E-state index in [-0.39, 0.29) is 5.60 Å². The maximum Gasteiger partial charge on any atom is 0.0812 e. The van der Waals surface area contributed by atoms with Crippen LogP contribution in [0.15, 0.2) is 0 Å². The molecule has 0 atom stereocenters. The molecule has 0 aliphatic carbocycles. The third-order valence-corrected chi connectivity index (χ3v) is 0.931. The molecule has 0 aliphatic heterocycles. The van der Waals surface area contributed by atoms with Crippen LogP contribution in [0.3, 0.4) is 0 Å². The lowest BCUT2D eigenvalue weighted by Crippen LogP contribution is -2.31. The van der Waals surface area contributed by atoms with Crippen molar-refractivity contribution in [2.24, 2.45) is 0 Å². The van der Waals surface area contributed by atoms with E-state index in [1.165, 1.54) is 0 Å². The molecule has 0 aromatic heterocycles. The van der Waals surface area contributed by atoms with Crippen LogP contribution in [0.25, 0.3) is 0 Å². The van der Waals surface area contributed by atoms with Gasteiger partial charge >= 0.3 is 0 Å². The molecule has 0 fully saturated rings. The first-order chi connectivity index (χ1) is 5.06. The van der Waals surface area contributed by atoms with Crippen molar-refractivity contribution in [3.63, 3.8) is 0 Å². The summed E-state index contributed by atoms with van der Waals surface area (Å²) < 4.78 is 5.11. The maximum absolute atomic E-state index is 5.25. The molecule has 0 unspecified atom stereocenters. The van der Waals surface area contributed by atoms with Crippen molar-refractivity contribution in [3.05, 3.63) is 0 Å². The fraction of sp³-hybridized carbons (Fsp3) is 1.00. The van der Waals surface area contributed by atoms with Crippen LogP contribution in [0.5, 0.6) is 0 Å². The van der Waals surface area contributed by atoms with E-state index < -0.39 is 0 Å². The summed E-state index contributed by atoms with van der Waals surface area (Å²) in [5.74, 6) is 0. The van der Waals surface area contributed by atoms with Gasteiger partial charge in [0.2, 0.25) is 0 Å². The Labute approximate surface area is 69.0 Å². The lowest BCUT2D eigenvalue weighted by atomic mass is 10.2. The van der Waals surface area contributed by atoms with E-state index in [0.717, 1.165) is 13.2 Å². The van der Waals surface area contributed by atoms with Crippen molar-refractivity contribution in [1.29, 1.82) is 0 Å². The molecule has 0 amide bonds. The number of rotatable bonds is 5. The largest absolute Gasteiger partial charge is 0.380 e. The van der Waals surface area contributed by atoms with Crippen LogP contribution in [-0.2, 0) is 9.57 Å². The summed E-state index contributed by atoms with van der Waals surface area (Å²) in [6, 6.07) is 0. The summed E-state index contributed by atoms with van der Waals surface area (Å²) in [6.45, 7) is 10.2. The molecule has 0 bridgehead atoms. The predicted octanol–water partition coefficient (Wildman–Crippen LogP) is 1.34. The lowest BCUT2D eigenvalue weighted by molar-refractivity contribution is -0.0784. The summed E-state index contributed by atoms with van der Waals surface area (Å²) in [6.07, 6.45) is 0. The van der Waals surface area contributed by atoms with Crippen molar-refractivity contribution in [1.82, 2.24) is 5.48 Å². The van der Waals surface area contributed by atoms with E-state index in [2.05, 4.69) is 5.48 Å². The minimum atomic E-state index is -0.119. The lowest BCUT2D eigenvalue weighted by Gasteiger charge is -2.19. The van der Waals surface area contributed by atoms with Gasteiger partial charge in [-0.2, -0.15) is 5.48 Å². The van der Waals surface area contributed by atoms with Gasteiger partial charge in [-0.3, -0.25) is 4.84 Å². The number of hydrogen-bond acceptors (Lipinski definition) is 3. The Hall–Kier alpha value is -0.120. The molecule has 0 spiro atoms. The van der Waals surface area contributed by atoms with Gasteiger partial charge in [-0.25, -0.2) is 0 Å². The van der Waals surface area contributed by atoms with E-state index in [1.54, 1.807) is 0 Å². The molecule has 0 radical (unpaired) electrons. The average molecular weight is 161 g/mol. The van der Waals surface area contributed by atoms with Crippen molar-refractivity contribution in [2.45, 2.75) is 33.3 Å². The number of ether oxygens (including phenoxy) is 1. The molecule has 0 aromatic carbocycles. The minimum Gasteiger partial charge on any atom is -0.380 e. The molecule has 1 N–H and O–H groups in total. The van der Waals surface area contributed by atoms with Gasteiger partial charge in [-0.1, -0.05) is 0 Å². The predicted molar refractivity (Wildman–Crippen MR) is 45.3 cm³/mol. The number of hydroxylamine groups is 1. The highest BCUT2D eigenvalue weighted by atomic mass is 16.7. The Bertz CT molecular complexity index is 88.6. The Morgan fingerprint density at radius 3 is 2.36 bits per heavy atom. The summed E-state index contributed by atoms with van der Waals surface area (Å²) >= 11 is 0. The van der Waals surface area contributed by atoms with Crippen molar-refractivity contribution in [3.8, 4) is 0 Å². The molecule has 11 heavy (non-hydrogen) atoms.